The van der Waals surface area contributed by atoms with Gasteiger partial charge in [0.15, 0.2) is 0 Å². The van der Waals surface area contributed by atoms with Crippen molar-refractivity contribution in [3.8, 4) is 11.1 Å². The summed E-state index contributed by atoms with van der Waals surface area (Å²) in [6.45, 7) is -0.211. The molecule has 1 N–H and O–H groups in total. The van der Waals surface area contributed by atoms with E-state index in [-0.39, 0.29) is 12.1 Å². The monoisotopic (exact) mass is 410 g/mol. The zero-order valence-corrected chi connectivity index (χ0v) is 15.1. The Hall–Kier alpha value is -2.78. The fraction of sp³-hybridized carbons (Fsp3) is 0.105. The summed E-state index contributed by atoms with van der Waals surface area (Å²) in [6, 6.07) is 10.7. The normalized spacial score (nSPS) is 12.1. The van der Waals surface area contributed by atoms with Crippen LogP contribution in [0.5, 0.6) is 0 Å². The topological polar surface area (TPSA) is 59.1 Å². The van der Waals surface area contributed by atoms with E-state index in [0.717, 1.165) is 18.2 Å². The van der Waals surface area contributed by atoms with E-state index in [2.05, 4.69) is 9.71 Å². The van der Waals surface area contributed by atoms with E-state index in [4.69, 9.17) is 0 Å². The number of nitrogens with one attached hydrogen (secondary N) is 1. The molecule has 0 radical (unpaired) electrons. The van der Waals surface area contributed by atoms with Crippen molar-refractivity contribution in [2.75, 3.05) is 0 Å². The molecule has 28 heavy (non-hydrogen) atoms. The summed E-state index contributed by atoms with van der Waals surface area (Å²) in [5, 5.41) is 0. The molecular weight excluding hydrogens is 396 g/mol. The predicted octanol–water partition coefficient (Wildman–Crippen LogP) is 4.39. The number of nitrogens with zero attached hydrogens (tertiary/aromatic N) is 1. The van der Waals surface area contributed by atoms with Crippen LogP contribution in [0.15, 0.2) is 71.9 Å². The molecule has 0 spiro atoms. The van der Waals surface area contributed by atoms with Crippen LogP contribution in [0.4, 0.5) is 17.6 Å². The van der Waals surface area contributed by atoms with Gasteiger partial charge in [0.2, 0.25) is 10.0 Å². The number of rotatable bonds is 5. The minimum atomic E-state index is -4.65. The summed E-state index contributed by atoms with van der Waals surface area (Å²) in [5.41, 5.74) is 0.217. The van der Waals surface area contributed by atoms with Crippen LogP contribution in [0.2, 0.25) is 0 Å². The second-order valence-corrected chi connectivity index (χ2v) is 7.67. The third-order valence-electron chi connectivity index (χ3n) is 3.96. The third kappa shape index (κ3) is 4.55. The molecule has 3 aromatic rings. The second kappa shape index (κ2) is 7.69. The number of hydrogen-bond acceptors (Lipinski definition) is 3. The molecule has 0 aliphatic carbocycles. The van der Waals surface area contributed by atoms with E-state index < -0.39 is 32.5 Å². The maximum Gasteiger partial charge on any atom is 0.416 e. The molecule has 0 amide bonds. The van der Waals surface area contributed by atoms with Crippen molar-refractivity contribution in [3.63, 3.8) is 0 Å². The zero-order chi connectivity index (χ0) is 20.4. The molecule has 3 rings (SSSR count). The molecule has 4 nitrogen and oxygen atoms in total. The SMILES string of the molecule is O=S(=O)(NCc1ccc(F)c(-c2ccncc2)c1)c1cccc(C(F)(F)F)c1. The highest BCUT2D eigenvalue weighted by Gasteiger charge is 2.31. The molecule has 1 heterocycles. The summed E-state index contributed by atoms with van der Waals surface area (Å²) in [6.07, 6.45) is -1.66. The quantitative estimate of drug-likeness (QED) is 0.635. The molecule has 0 atom stereocenters. The van der Waals surface area contributed by atoms with Crippen LogP contribution in [0.3, 0.4) is 0 Å². The Balaban J connectivity index is 1.82. The fourth-order valence-corrected chi connectivity index (χ4v) is 3.60. The molecule has 0 unspecified atom stereocenters. The lowest BCUT2D eigenvalue weighted by Gasteiger charge is -2.11. The molecule has 0 saturated carbocycles. The first kappa shape index (κ1) is 20.0. The minimum absolute atomic E-state index is 0.211. The lowest BCUT2D eigenvalue weighted by molar-refractivity contribution is -0.137. The Morgan fingerprint density at radius 2 is 1.68 bits per heavy atom. The molecule has 2 aromatic carbocycles. The van der Waals surface area contributed by atoms with Gasteiger partial charge in [0.25, 0.3) is 0 Å². The molecule has 146 valence electrons. The lowest BCUT2D eigenvalue weighted by atomic mass is 10.0. The Labute approximate surface area is 158 Å². The highest BCUT2D eigenvalue weighted by atomic mass is 32.2. The largest absolute Gasteiger partial charge is 0.416 e. The molecule has 1 aromatic heterocycles. The summed E-state index contributed by atoms with van der Waals surface area (Å²) in [5.74, 6) is -0.490. The van der Waals surface area contributed by atoms with Crippen LogP contribution >= 0.6 is 0 Å². The van der Waals surface area contributed by atoms with Gasteiger partial charge >= 0.3 is 6.18 Å². The van der Waals surface area contributed by atoms with Crippen molar-refractivity contribution in [2.45, 2.75) is 17.6 Å². The molecule has 0 aliphatic rings. The molecule has 9 heteroatoms. The smallest absolute Gasteiger partial charge is 0.265 e. The third-order valence-corrected chi connectivity index (χ3v) is 5.36. The van der Waals surface area contributed by atoms with Gasteiger partial charge in [-0.2, -0.15) is 13.2 Å². The van der Waals surface area contributed by atoms with Crippen LogP contribution in [0, 0.1) is 5.82 Å². The van der Waals surface area contributed by atoms with E-state index in [1.165, 1.54) is 30.6 Å². The van der Waals surface area contributed by atoms with Crippen LogP contribution in [-0.2, 0) is 22.7 Å². The first-order valence-electron chi connectivity index (χ1n) is 8.02. The van der Waals surface area contributed by atoms with Crippen molar-refractivity contribution in [1.82, 2.24) is 9.71 Å². The van der Waals surface area contributed by atoms with Crippen molar-refractivity contribution in [2.24, 2.45) is 0 Å². The van der Waals surface area contributed by atoms with E-state index in [1.54, 1.807) is 12.1 Å². The molecule has 0 saturated heterocycles. The Kier molecular flexibility index (Phi) is 5.48. The first-order chi connectivity index (χ1) is 13.2. The van der Waals surface area contributed by atoms with Crippen LogP contribution in [0.1, 0.15) is 11.1 Å². The van der Waals surface area contributed by atoms with Crippen LogP contribution in [0.25, 0.3) is 11.1 Å². The number of halogens is 4. The minimum Gasteiger partial charge on any atom is -0.265 e. The van der Waals surface area contributed by atoms with Gasteiger partial charge in [0.1, 0.15) is 5.82 Å². The van der Waals surface area contributed by atoms with Gasteiger partial charge in [-0.15, -0.1) is 0 Å². The summed E-state index contributed by atoms with van der Waals surface area (Å²) in [7, 11) is -4.18. The van der Waals surface area contributed by atoms with E-state index in [1.807, 2.05) is 0 Å². The summed E-state index contributed by atoms with van der Waals surface area (Å²) < 4.78 is 79.4. The van der Waals surface area contributed by atoms with Crippen LogP contribution in [-0.4, -0.2) is 13.4 Å². The van der Waals surface area contributed by atoms with Crippen molar-refractivity contribution >= 4 is 10.0 Å². The fourth-order valence-electron chi connectivity index (χ4n) is 2.54. The zero-order valence-electron chi connectivity index (χ0n) is 14.2. The number of sulfonamides is 1. The van der Waals surface area contributed by atoms with Gasteiger partial charge in [0, 0.05) is 24.5 Å². The van der Waals surface area contributed by atoms with Gasteiger partial charge in [-0.25, -0.2) is 17.5 Å². The second-order valence-electron chi connectivity index (χ2n) is 5.90. The van der Waals surface area contributed by atoms with Crippen molar-refractivity contribution in [3.05, 3.63) is 83.9 Å². The first-order valence-corrected chi connectivity index (χ1v) is 9.51. The van der Waals surface area contributed by atoms with Gasteiger partial charge in [-0.3, -0.25) is 4.98 Å². The maximum absolute atomic E-state index is 14.1. The molecular formula is C19H14F4N2O2S. The Morgan fingerprint density at radius 3 is 2.36 bits per heavy atom. The lowest BCUT2D eigenvalue weighted by Crippen LogP contribution is -2.23. The van der Waals surface area contributed by atoms with Gasteiger partial charge in [-0.1, -0.05) is 12.1 Å². The number of benzene rings is 2. The van der Waals surface area contributed by atoms with Crippen molar-refractivity contribution < 1.29 is 26.0 Å². The highest BCUT2D eigenvalue weighted by molar-refractivity contribution is 7.89. The number of aromatic nitrogens is 1. The highest BCUT2D eigenvalue weighted by Crippen LogP contribution is 2.30. The Morgan fingerprint density at radius 1 is 0.964 bits per heavy atom. The molecule has 0 fully saturated rings. The average Bonchev–Trinajstić information content (AvgIpc) is 2.67. The predicted molar refractivity (Wildman–Crippen MR) is 95.1 cm³/mol. The number of alkyl halides is 3. The Bertz CT molecular complexity index is 1080. The van der Waals surface area contributed by atoms with Crippen molar-refractivity contribution in [1.29, 1.82) is 0 Å². The summed E-state index contributed by atoms with van der Waals surface area (Å²) in [4.78, 5) is 3.35. The van der Waals surface area contributed by atoms with E-state index in [9.17, 15) is 26.0 Å². The average molecular weight is 410 g/mol. The standard InChI is InChI=1S/C19H14F4N2O2S/c20-18-5-4-13(10-17(18)14-6-8-24-9-7-14)12-25-28(26,27)16-3-1-2-15(11-16)19(21,22)23/h1-11,25H,12H2. The summed E-state index contributed by atoms with van der Waals surface area (Å²) >= 11 is 0. The molecule has 0 aliphatic heterocycles. The van der Waals surface area contributed by atoms with E-state index >= 15 is 0 Å². The van der Waals surface area contributed by atoms with Gasteiger partial charge in [0.05, 0.1) is 10.5 Å². The number of pyridine rings is 1. The van der Waals surface area contributed by atoms with Gasteiger partial charge < -0.3 is 0 Å². The van der Waals surface area contributed by atoms with E-state index in [0.29, 0.717) is 17.2 Å². The van der Waals surface area contributed by atoms with Crippen LogP contribution < -0.4 is 4.72 Å². The number of hydrogen-bond donors (Lipinski definition) is 1. The van der Waals surface area contributed by atoms with Gasteiger partial charge in [-0.05, 0) is 53.6 Å². The molecule has 0 bridgehead atoms. The maximum atomic E-state index is 14.1.